The molecule has 3 heterocycles. The second-order valence-corrected chi connectivity index (χ2v) is 15.3. The number of anilines is 2. The lowest BCUT2D eigenvalue weighted by atomic mass is 9.89. The highest BCUT2D eigenvalue weighted by atomic mass is 19.4. The average Bonchev–Trinajstić information content (AvgIpc) is 3.57. The third kappa shape index (κ3) is 9.86. The van der Waals surface area contributed by atoms with Gasteiger partial charge < -0.3 is 29.7 Å². The van der Waals surface area contributed by atoms with E-state index in [9.17, 15) is 37.1 Å². The zero-order chi connectivity index (χ0) is 43.2. The van der Waals surface area contributed by atoms with Gasteiger partial charge in [-0.2, -0.15) is 18.4 Å². The molecule has 60 heavy (non-hydrogen) atoms. The van der Waals surface area contributed by atoms with Gasteiger partial charge >= 0.3 is 6.18 Å². The number of nitrogens with zero attached hydrogens (tertiary/aromatic N) is 3. The van der Waals surface area contributed by atoms with Crippen molar-refractivity contribution in [2.45, 2.75) is 64.4 Å². The number of rotatable bonds is 18. The SMILES string of the molecule is CC1(C)CN(Cc2ccc(NCCCCOCCOCCNc3cccc4c3C(=O)N(C3CCC(=O)NC3=O)C4=O)c(F)c2)C(=O)C1Oc1ccc(C#N)c(C(F)(F)F)c1. The zero-order valence-electron chi connectivity index (χ0n) is 33.0. The molecule has 6 rings (SSSR count). The van der Waals surface area contributed by atoms with Crippen molar-refractivity contribution in [1.82, 2.24) is 15.1 Å². The van der Waals surface area contributed by atoms with Crippen molar-refractivity contribution in [3.63, 3.8) is 0 Å². The lowest BCUT2D eigenvalue weighted by molar-refractivity contribution is -0.138. The van der Waals surface area contributed by atoms with Gasteiger partial charge in [0.2, 0.25) is 11.8 Å². The predicted molar refractivity (Wildman–Crippen MR) is 207 cm³/mol. The van der Waals surface area contributed by atoms with E-state index in [1.54, 1.807) is 38.1 Å². The number of unbranched alkanes of at least 4 members (excludes halogenated alkanes) is 1. The van der Waals surface area contributed by atoms with Gasteiger partial charge in [-0.25, -0.2) is 4.39 Å². The number of carbonyl (C=O) groups is 5. The molecular weight excluding hydrogens is 792 g/mol. The van der Waals surface area contributed by atoms with Crippen molar-refractivity contribution >= 4 is 40.9 Å². The molecule has 3 N–H and O–H groups in total. The van der Waals surface area contributed by atoms with E-state index in [2.05, 4.69) is 16.0 Å². The van der Waals surface area contributed by atoms with Crippen molar-refractivity contribution in [3.05, 3.63) is 88.2 Å². The van der Waals surface area contributed by atoms with Crippen LogP contribution in [-0.4, -0.2) is 97.5 Å². The monoisotopic (exact) mass is 836 g/mol. The van der Waals surface area contributed by atoms with Gasteiger partial charge in [-0.3, -0.25) is 34.2 Å². The number of nitrogens with one attached hydrogen (secondary N) is 3. The molecule has 5 amide bonds. The Morgan fingerprint density at radius 1 is 0.900 bits per heavy atom. The lowest BCUT2D eigenvalue weighted by Gasteiger charge is -2.27. The third-order valence-corrected chi connectivity index (χ3v) is 10.4. The fourth-order valence-electron chi connectivity index (χ4n) is 7.38. The zero-order valence-corrected chi connectivity index (χ0v) is 33.0. The molecule has 0 aromatic heterocycles. The predicted octanol–water partition coefficient (Wildman–Crippen LogP) is 5.27. The Kier molecular flexibility index (Phi) is 13.4. The molecule has 2 unspecified atom stereocenters. The molecule has 14 nitrogen and oxygen atoms in total. The summed E-state index contributed by atoms with van der Waals surface area (Å²) in [6, 6.07) is 12.9. The number of amides is 5. The lowest BCUT2D eigenvalue weighted by Crippen LogP contribution is -2.54. The molecule has 2 saturated heterocycles. The molecule has 3 aromatic carbocycles. The maximum Gasteiger partial charge on any atom is 0.417 e. The largest absolute Gasteiger partial charge is 0.480 e. The van der Waals surface area contributed by atoms with Gasteiger partial charge in [0, 0.05) is 50.3 Å². The second kappa shape index (κ2) is 18.5. The number of carbonyl (C=O) groups excluding carboxylic acids is 5. The van der Waals surface area contributed by atoms with Crippen LogP contribution in [0.2, 0.25) is 0 Å². The molecule has 0 spiro atoms. The summed E-state index contributed by atoms with van der Waals surface area (Å²) in [5, 5.41) is 17.4. The minimum Gasteiger partial charge on any atom is -0.480 e. The van der Waals surface area contributed by atoms with E-state index in [0.29, 0.717) is 62.7 Å². The first-order chi connectivity index (χ1) is 28.6. The molecule has 3 aliphatic rings. The third-order valence-electron chi connectivity index (χ3n) is 10.4. The minimum atomic E-state index is -4.78. The van der Waals surface area contributed by atoms with Crippen LogP contribution in [0.5, 0.6) is 5.75 Å². The van der Waals surface area contributed by atoms with Crippen molar-refractivity contribution in [3.8, 4) is 11.8 Å². The standard InChI is InChI=1S/C42H44F4N6O8/c1-41(2)24-51(40(57)36(41)60-27-10-9-26(22-47)29(21-27)42(44,45)46)23-25-8-11-31(30(43)20-25)48-14-3-4-16-58-18-19-59-17-15-49-32-7-5-6-28-35(32)39(56)52(38(28)55)33-12-13-34(53)50-37(33)54/h5-11,20-21,33,36,48-49H,3-4,12-19,23-24H2,1-2H3,(H,50,53,54). The molecule has 0 radical (unpaired) electrons. The summed E-state index contributed by atoms with van der Waals surface area (Å²) in [5.74, 6) is -3.42. The Morgan fingerprint density at radius 3 is 2.37 bits per heavy atom. The van der Waals surface area contributed by atoms with E-state index in [1.807, 2.05) is 0 Å². The number of hydrogen-bond acceptors (Lipinski definition) is 11. The number of piperidine rings is 1. The van der Waals surface area contributed by atoms with Crippen molar-refractivity contribution in [1.29, 1.82) is 5.26 Å². The van der Waals surface area contributed by atoms with Crippen LogP contribution < -0.4 is 20.7 Å². The minimum absolute atomic E-state index is 0.0362. The topological polar surface area (TPSA) is 179 Å². The van der Waals surface area contributed by atoms with Crippen LogP contribution in [0.4, 0.5) is 28.9 Å². The van der Waals surface area contributed by atoms with E-state index < -0.39 is 70.2 Å². The molecule has 3 aliphatic heterocycles. The molecular formula is C42H44F4N6O8. The molecule has 2 atom stereocenters. The number of likely N-dealkylation sites (tertiary alicyclic amines) is 1. The first-order valence-electron chi connectivity index (χ1n) is 19.4. The quantitative estimate of drug-likeness (QED) is 0.0864. The van der Waals surface area contributed by atoms with Crippen LogP contribution >= 0.6 is 0 Å². The summed E-state index contributed by atoms with van der Waals surface area (Å²) < 4.78 is 72.5. The number of halogens is 4. The number of ether oxygens (including phenoxy) is 3. The number of hydrogen-bond donors (Lipinski definition) is 3. The van der Waals surface area contributed by atoms with Gasteiger partial charge in [-0.15, -0.1) is 0 Å². The van der Waals surface area contributed by atoms with E-state index in [0.717, 1.165) is 17.0 Å². The van der Waals surface area contributed by atoms with Crippen molar-refractivity contribution < 1.29 is 55.7 Å². The van der Waals surface area contributed by atoms with Gasteiger partial charge in [0.15, 0.2) is 6.10 Å². The van der Waals surface area contributed by atoms with Crippen LogP contribution in [0.15, 0.2) is 54.6 Å². The van der Waals surface area contributed by atoms with Crippen LogP contribution in [-0.2, 0) is 36.6 Å². The number of benzene rings is 3. The summed E-state index contributed by atoms with van der Waals surface area (Å²) >= 11 is 0. The fraction of sp³-hybridized carbons (Fsp3) is 0.429. The van der Waals surface area contributed by atoms with Crippen molar-refractivity contribution in [2.24, 2.45) is 5.41 Å². The van der Waals surface area contributed by atoms with Crippen LogP contribution in [0, 0.1) is 22.6 Å². The van der Waals surface area contributed by atoms with Gasteiger partial charge in [0.25, 0.3) is 17.7 Å². The Hall–Kier alpha value is -6.06. The smallest absolute Gasteiger partial charge is 0.417 e. The summed E-state index contributed by atoms with van der Waals surface area (Å²) in [5.41, 5.74) is -0.861. The number of nitriles is 1. The Morgan fingerprint density at radius 2 is 1.65 bits per heavy atom. The summed E-state index contributed by atoms with van der Waals surface area (Å²) in [4.78, 5) is 65.8. The summed E-state index contributed by atoms with van der Waals surface area (Å²) in [7, 11) is 0. The second-order valence-electron chi connectivity index (χ2n) is 15.3. The number of fused-ring (bicyclic) bond motifs is 1. The number of imide groups is 2. The molecule has 0 saturated carbocycles. The van der Waals surface area contributed by atoms with Gasteiger partial charge in [0.05, 0.1) is 53.8 Å². The maximum absolute atomic E-state index is 15.0. The molecule has 3 aromatic rings. The van der Waals surface area contributed by atoms with E-state index in [1.165, 1.54) is 29.2 Å². The first kappa shape index (κ1) is 43.5. The highest BCUT2D eigenvalue weighted by Crippen LogP contribution is 2.38. The molecule has 18 heteroatoms. The van der Waals surface area contributed by atoms with Crippen LogP contribution in [0.25, 0.3) is 0 Å². The highest BCUT2D eigenvalue weighted by Gasteiger charge is 2.49. The van der Waals surface area contributed by atoms with Crippen LogP contribution in [0.3, 0.4) is 0 Å². The Labute approximate surface area is 343 Å². The van der Waals surface area contributed by atoms with Gasteiger partial charge in [-0.1, -0.05) is 26.0 Å². The number of alkyl halides is 3. The molecule has 318 valence electrons. The average molecular weight is 837 g/mol. The molecule has 2 fully saturated rings. The van der Waals surface area contributed by atoms with Crippen LogP contribution in [0.1, 0.15) is 76.9 Å². The van der Waals surface area contributed by atoms with E-state index in [4.69, 9.17) is 19.5 Å². The Balaban J connectivity index is 0.854. The summed E-state index contributed by atoms with van der Waals surface area (Å²) in [6.45, 7) is 6.04. The van der Waals surface area contributed by atoms with Gasteiger partial charge in [0.1, 0.15) is 17.6 Å². The summed E-state index contributed by atoms with van der Waals surface area (Å²) in [6.07, 6.45) is -4.37. The van der Waals surface area contributed by atoms with Gasteiger partial charge in [-0.05, 0) is 67.3 Å². The molecule has 0 aliphatic carbocycles. The fourth-order valence-corrected chi connectivity index (χ4v) is 7.38. The molecule has 0 bridgehead atoms. The Bertz CT molecular complexity index is 2190. The van der Waals surface area contributed by atoms with Crippen molar-refractivity contribution in [2.75, 3.05) is 56.7 Å². The first-order valence-corrected chi connectivity index (χ1v) is 19.4. The maximum atomic E-state index is 15.0. The van der Waals surface area contributed by atoms with E-state index >= 15 is 4.39 Å². The highest BCUT2D eigenvalue weighted by molar-refractivity contribution is 6.25. The normalized spacial score (nSPS) is 18.7. The van der Waals surface area contributed by atoms with E-state index in [-0.39, 0.29) is 49.4 Å².